The summed E-state index contributed by atoms with van der Waals surface area (Å²) < 4.78 is 0. The lowest BCUT2D eigenvalue weighted by atomic mass is 9.98. The molecule has 0 radical (unpaired) electrons. The summed E-state index contributed by atoms with van der Waals surface area (Å²) in [4.78, 5) is 21.1. The number of carbonyl (C=O) groups is 2. The predicted molar refractivity (Wildman–Crippen MR) is 93.5 cm³/mol. The summed E-state index contributed by atoms with van der Waals surface area (Å²) in [5.74, 6) is -2.11. The van der Waals surface area contributed by atoms with Crippen LogP contribution in [0.25, 0.3) is 0 Å². The van der Waals surface area contributed by atoms with Gasteiger partial charge in [0.15, 0.2) is 0 Å². The molecule has 0 aromatic rings. The molecule has 0 spiro atoms. The number of carboxylic acid groups (broad SMARTS) is 2. The third-order valence-electron chi connectivity index (χ3n) is 3.86. The Labute approximate surface area is 140 Å². The highest BCUT2D eigenvalue weighted by atomic mass is 16.4. The smallest absolute Gasteiger partial charge is 0.327 e. The van der Waals surface area contributed by atoms with E-state index in [1.807, 2.05) is 0 Å². The van der Waals surface area contributed by atoms with Crippen molar-refractivity contribution in [3.05, 3.63) is 24.3 Å². The van der Waals surface area contributed by atoms with Gasteiger partial charge in [0.1, 0.15) is 0 Å². The van der Waals surface area contributed by atoms with Crippen molar-refractivity contribution in [3.8, 4) is 0 Å². The van der Waals surface area contributed by atoms with E-state index in [0.29, 0.717) is 0 Å². The zero-order chi connectivity index (χ0) is 17.3. The molecular weight excluding hydrogens is 292 g/mol. The van der Waals surface area contributed by atoms with Crippen molar-refractivity contribution in [2.24, 2.45) is 5.92 Å². The van der Waals surface area contributed by atoms with Gasteiger partial charge in [0.25, 0.3) is 0 Å². The normalized spacial score (nSPS) is 12.9. The summed E-state index contributed by atoms with van der Waals surface area (Å²) in [6, 6.07) is 0. The second-order valence-electron chi connectivity index (χ2n) is 6.03. The van der Waals surface area contributed by atoms with Gasteiger partial charge < -0.3 is 10.2 Å². The molecule has 0 bridgehead atoms. The van der Waals surface area contributed by atoms with Gasteiger partial charge in [0.2, 0.25) is 0 Å². The molecule has 0 fully saturated rings. The van der Waals surface area contributed by atoms with Crippen molar-refractivity contribution in [1.29, 1.82) is 0 Å². The molecule has 0 heterocycles. The summed E-state index contributed by atoms with van der Waals surface area (Å²) in [5, 5.41) is 17.3. The molecule has 0 saturated carbocycles. The van der Waals surface area contributed by atoms with Crippen LogP contribution in [0.4, 0.5) is 0 Å². The Morgan fingerprint density at radius 2 is 1.13 bits per heavy atom. The first-order valence-corrected chi connectivity index (χ1v) is 8.88. The second-order valence-corrected chi connectivity index (χ2v) is 6.03. The number of rotatable bonds is 15. The summed E-state index contributed by atoms with van der Waals surface area (Å²) in [7, 11) is 0. The first kappa shape index (κ1) is 21.4. The Balaban J connectivity index is 3.77. The molecule has 1 unspecified atom stereocenters. The monoisotopic (exact) mass is 324 g/mol. The van der Waals surface area contributed by atoms with E-state index in [2.05, 4.69) is 6.92 Å². The Bertz CT molecular complexity index is 348. The van der Waals surface area contributed by atoms with Gasteiger partial charge in [-0.05, 0) is 12.3 Å². The maximum Gasteiger partial charge on any atom is 0.327 e. The molecule has 132 valence electrons. The van der Waals surface area contributed by atoms with Crippen molar-refractivity contribution in [1.82, 2.24) is 0 Å². The Hall–Kier alpha value is -1.58. The maximum absolute atomic E-state index is 10.6. The zero-order valence-corrected chi connectivity index (χ0v) is 14.4. The van der Waals surface area contributed by atoms with Crippen molar-refractivity contribution in [3.63, 3.8) is 0 Å². The summed E-state index contributed by atoms with van der Waals surface area (Å²) >= 11 is 0. The Morgan fingerprint density at radius 3 is 1.52 bits per heavy atom. The minimum atomic E-state index is -0.998. The van der Waals surface area contributed by atoms with Crippen LogP contribution in [0.2, 0.25) is 0 Å². The van der Waals surface area contributed by atoms with Gasteiger partial charge in [-0.15, -0.1) is 0 Å². The fraction of sp³-hybridized carbons (Fsp3) is 0.684. The van der Waals surface area contributed by atoms with E-state index >= 15 is 0 Å². The van der Waals surface area contributed by atoms with Crippen molar-refractivity contribution < 1.29 is 19.8 Å². The topological polar surface area (TPSA) is 74.6 Å². The molecule has 23 heavy (non-hydrogen) atoms. The van der Waals surface area contributed by atoms with Crippen LogP contribution >= 0.6 is 0 Å². The number of hydrogen-bond acceptors (Lipinski definition) is 2. The zero-order valence-electron chi connectivity index (χ0n) is 14.4. The molecular formula is C19H32O4. The first-order chi connectivity index (χ1) is 11.1. The molecule has 1 atom stereocenters. The third-order valence-corrected chi connectivity index (χ3v) is 3.86. The minimum absolute atomic E-state index is 0.115. The molecule has 0 aliphatic rings. The summed E-state index contributed by atoms with van der Waals surface area (Å²) in [5.41, 5.74) is 0. The van der Waals surface area contributed by atoms with E-state index < -0.39 is 11.9 Å². The van der Waals surface area contributed by atoms with Crippen molar-refractivity contribution in [2.45, 2.75) is 77.6 Å². The number of aliphatic carboxylic acids is 2. The van der Waals surface area contributed by atoms with Crippen molar-refractivity contribution in [2.75, 3.05) is 0 Å². The van der Waals surface area contributed by atoms with Gasteiger partial charge in [0.05, 0.1) is 0 Å². The van der Waals surface area contributed by atoms with Gasteiger partial charge >= 0.3 is 11.9 Å². The van der Waals surface area contributed by atoms with Gasteiger partial charge in [0, 0.05) is 12.2 Å². The van der Waals surface area contributed by atoms with E-state index in [4.69, 9.17) is 10.2 Å². The molecule has 0 aliphatic heterocycles. The lowest BCUT2D eigenvalue weighted by Gasteiger charge is -2.07. The van der Waals surface area contributed by atoms with Crippen LogP contribution in [0.1, 0.15) is 77.6 Å². The number of unbranched alkanes of at least 4 members (excludes halogenated alkanes) is 9. The Morgan fingerprint density at radius 1 is 0.739 bits per heavy atom. The van der Waals surface area contributed by atoms with E-state index in [9.17, 15) is 9.59 Å². The quantitative estimate of drug-likeness (QED) is 0.321. The highest BCUT2D eigenvalue weighted by Crippen LogP contribution is 2.16. The third kappa shape index (κ3) is 16.6. The number of allylic oxidation sites excluding steroid dienone is 2. The van der Waals surface area contributed by atoms with E-state index in [1.54, 1.807) is 12.2 Å². The Kier molecular flexibility index (Phi) is 14.3. The molecule has 4 heteroatoms. The lowest BCUT2D eigenvalue weighted by Crippen LogP contribution is -1.97. The van der Waals surface area contributed by atoms with Crippen LogP contribution in [0.15, 0.2) is 24.3 Å². The average Bonchev–Trinajstić information content (AvgIpc) is 2.50. The summed E-state index contributed by atoms with van der Waals surface area (Å²) in [6.45, 7) is 2.23. The standard InChI is InChI=1S/C19H32O4/c1-2-3-4-5-6-7-8-9-10-11-12-17(13-15-18(20)21)14-16-19(22)23/h13-17H,2-12H2,1H3,(H,20,21)(H,22,23)/b15-13-,16-14+. The molecule has 0 aliphatic carbocycles. The number of hydrogen-bond donors (Lipinski definition) is 2. The average molecular weight is 324 g/mol. The van der Waals surface area contributed by atoms with Gasteiger partial charge in [-0.25, -0.2) is 9.59 Å². The van der Waals surface area contributed by atoms with Gasteiger partial charge in [-0.3, -0.25) is 0 Å². The minimum Gasteiger partial charge on any atom is -0.478 e. The van der Waals surface area contributed by atoms with E-state index in [0.717, 1.165) is 31.4 Å². The number of carboxylic acids is 2. The second kappa shape index (κ2) is 15.3. The highest BCUT2D eigenvalue weighted by molar-refractivity contribution is 5.80. The van der Waals surface area contributed by atoms with Gasteiger partial charge in [-0.2, -0.15) is 0 Å². The molecule has 0 amide bonds. The molecule has 0 aromatic heterocycles. The summed E-state index contributed by atoms with van der Waals surface area (Å²) in [6.07, 6.45) is 18.6. The van der Waals surface area contributed by atoms with Crippen LogP contribution in [-0.2, 0) is 9.59 Å². The highest BCUT2D eigenvalue weighted by Gasteiger charge is 2.03. The van der Waals surface area contributed by atoms with Gasteiger partial charge in [-0.1, -0.05) is 83.3 Å². The van der Waals surface area contributed by atoms with Crippen molar-refractivity contribution >= 4 is 11.9 Å². The predicted octanol–water partition coefficient (Wildman–Crippen LogP) is 5.20. The fourth-order valence-corrected chi connectivity index (χ4v) is 2.54. The van der Waals surface area contributed by atoms with Crippen LogP contribution < -0.4 is 0 Å². The maximum atomic E-state index is 10.6. The van der Waals surface area contributed by atoms with Crippen LogP contribution in [0.3, 0.4) is 0 Å². The SMILES string of the molecule is CCCCCCCCCCCCC(/C=C\C(=O)O)/C=C/C(=O)O. The molecule has 2 N–H and O–H groups in total. The van der Waals surface area contributed by atoms with Crippen LogP contribution in [-0.4, -0.2) is 22.2 Å². The molecule has 0 rings (SSSR count). The largest absolute Gasteiger partial charge is 0.478 e. The van der Waals surface area contributed by atoms with Crippen LogP contribution in [0.5, 0.6) is 0 Å². The molecule has 0 aromatic carbocycles. The van der Waals surface area contributed by atoms with E-state index in [-0.39, 0.29) is 5.92 Å². The van der Waals surface area contributed by atoms with Crippen LogP contribution in [0, 0.1) is 5.92 Å². The molecule has 0 saturated heterocycles. The van der Waals surface area contributed by atoms with E-state index in [1.165, 1.54) is 51.4 Å². The fourth-order valence-electron chi connectivity index (χ4n) is 2.54. The molecule has 4 nitrogen and oxygen atoms in total. The lowest BCUT2D eigenvalue weighted by molar-refractivity contribution is -0.132. The first-order valence-electron chi connectivity index (χ1n) is 8.88.